The second kappa shape index (κ2) is 15.2. The summed E-state index contributed by atoms with van der Waals surface area (Å²) in [5.41, 5.74) is 8.56. The number of nitrogens with zero attached hydrogens (tertiary/aromatic N) is 2. The zero-order chi connectivity index (χ0) is 28.9. The topological polar surface area (TPSA) is 86.5 Å². The van der Waals surface area contributed by atoms with Crippen LogP contribution in [0.25, 0.3) is 22.6 Å². The predicted molar refractivity (Wildman–Crippen MR) is 177 cm³/mol. The van der Waals surface area contributed by atoms with Gasteiger partial charge in [0, 0.05) is 17.3 Å². The maximum absolute atomic E-state index is 12.1. The van der Waals surface area contributed by atoms with E-state index in [0.717, 1.165) is 77.0 Å². The SMILES string of the molecule is CCOC(=O)c1ccc2c(n1)CCCC2NCCc1ccccc1OCc1ccc(-c2nc3cc(C)ccc3o2)cc1.Cl.Cl. The molecule has 9 heteroatoms. The Kier molecular flexibility index (Phi) is 11.4. The quantitative estimate of drug-likeness (QED) is 0.156. The number of fused-ring (bicyclic) bond motifs is 2. The lowest BCUT2D eigenvalue weighted by Gasteiger charge is -2.26. The van der Waals surface area contributed by atoms with Gasteiger partial charge in [0.15, 0.2) is 5.58 Å². The molecule has 0 aliphatic heterocycles. The molecule has 7 nitrogen and oxygen atoms in total. The highest BCUT2D eigenvalue weighted by molar-refractivity contribution is 5.87. The van der Waals surface area contributed by atoms with Crippen LogP contribution in [0.15, 0.2) is 83.3 Å². The first kappa shape index (κ1) is 33.0. The van der Waals surface area contributed by atoms with Gasteiger partial charge in [-0.25, -0.2) is 14.8 Å². The first-order chi connectivity index (χ1) is 20.6. The summed E-state index contributed by atoms with van der Waals surface area (Å²) in [6, 6.07) is 26.4. The summed E-state index contributed by atoms with van der Waals surface area (Å²) in [5, 5.41) is 3.71. The number of halogens is 2. The Balaban J connectivity index is 0.00000221. The molecule has 2 heterocycles. The van der Waals surface area contributed by atoms with Gasteiger partial charge >= 0.3 is 5.97 Å². The van der Waals surface area contributed by atoms with E-state index in [4.69, 9.17) is 13.9 Å². The third-order valence-corrected chi connectivity index (χ3v) is 7.67. The molecule has 0 bridgehead atoms. The van der Waals surface area contributed by atoms with Crippen molar-refractivity contribution in [1.82, 2.24) is 15.3 Å². The highest BCUT2D eigenvalue weighted by Gasteiger charge is 2.22. The van der Waals surface area contributed by atoms with Gasteiger partial charge in [-0.2, -0.15) is 0 Å². The molecule has 1 aliphatic carbocycles. The minimum absolute atomic E-state index is 0. The number of benzene rings is 3. The average molecular weight is 635 g/mol. The number of carbonyl (C=O) groups is 1. The largest absolute Gasteiger partial charge is 0.489 e. The fourth-order valence-electron chi connectivity index (χ4n) is 5.49. The van der Waals surface area contributed by atoms with Gasteiger partial charge in [-0.3, -0.25) is 0 Å². The Hall–Kier alpha value is -3.91. The smallest absolute Gasteiger partial charge is 0.356 e. The van der Waals surface area contributed by atoms with Crippen LogP contribution in [0, 0.1) is 6.92 Å². The molecule has 1 aliphatic rings. The van der Waals surface area contributed by atoms with E-state index in [1.807, 2.05) is 48.5 Å². The number of para-hydroxylation sites is 1. The monoisotopic (exact) mass is 633 g/mol. The maximum atomic E-state index is 12.1. The molecule has 1 unspecified atom stereocenters. The summed E-state index contributed by atoms with van der Waals surface area (Å²) in [7, 11) is 0. The summed E-state index contributed by atoms with van der Waals surface area (Å²) in [4.78, 5) is 21.4. The average Bonchev–Trinajstić information content (AvgIpc) is 3.44. The summed E-state index contributed by atoms with van der Waals surface area (Å²) < 4.78 is 17.3. The van der Waals surface area contributed by atoms with E-state index in [0.29, 0.717) is 24.8 Å². The van der Waals surface area contributed by atoms with Crippen LogP contribution in [0.2, 0.25) is 0 Å². The van der Waals surface area contributed by atoms with Crippen LogP contribution in [-0.4, -0.2) is 29.1 Å². The molecule has 1 N–H and O–H groups in total. The van der Waals surface area contributed by atoms with Gasteiger partial charge in [-0.15, -0.1) is 24.8 Å². The van der Waals surface area contributed by atoms with Gasteiger partial charge in [0.2, 0.25) is 5.89 Å². The summed E-state index contributed by atoms with van der Waals surface area (Å²) >= 11 is 0. The number of hydrogen-bond acceptors (Lipinski definition) is 7. The molecular weight excluding hydrogens is 597 g/mol. The first-order valence-corrected chi connectivity index (χ1v) is 14.6. The van der Waals surface area contributed by atoms with Crippen molar-refractivity contribution in [3.8, 4) is 17.2 Å². The molecule has 0 saturated heterocycles. The van der Waals surface area contributed by atoms with Crippen LogP contribution >= 0.6 is 24.8 Å². The normalized spacial score (nSPS) is 13.8. The standard InChI is InChI=1S/C35H35N3O4.2ClH/c1-3-40-35(39)30-17-16-27-28(8-6-9-29(27)37-30)36-20-19-25-7-4-5-10-32(25)41-22-24-12-14-26(15-13-24)34-38-31-21-23(2)11-18-33(31)42-34;;/h4-5,7,10-18,21,28,36H,3,6,8-9,19-20,22H2,1-2H3;2*1H. The number of rotatable bonds is 10. The van der Waals surface area contributed by atoms with Crippen molar-refractivity contribution in [2.24, 2.45) is 0 Å². The van der Waals surface area contributed by atoms with Crippen molar-refractivity contribution in [1.29, 1.82) is 0 Å². The maximum Gasteiger partial charge on any atom is 0.356 e. The van der Waals surface area contributed by atoms with Gasteiger partial charge in [-0.05, 0) is 105 Å². The zero-order valence-corrected chi connectivity index (χ0v) is 26.5. The molecule has 3 aromatic carbocycles. The summed E-state index contributed by atoms with van der Waals surface area (Å²) in [5.74, 6) is 1.15. The number of oxazole rings is 1. The Labute approximate surface area is 270 Å². The van der Waals surface area contributed by atoms with Gasteiger partial charge < -0.3 is 19.2 Å². The summed E-state index contributed by atoms with van der Waals surface area (Å²) in [6.45, 7) is 5.49. The molecule has 230 valence electrons. The molecule has 2 aromatic heterocycles. The van der Waals surface area contributed by atoms with Gasteiger partial charge in [0.25, 0.3) is 0 Å². The van der Waals surface area contributed by atoms with Crippen LogP contribution in [0.5, 0.6) is 5.75 Å². The number of esters is 1. The van der Waals surface area contributed by atoms with Crippen molar-refractivity contribution in [2.75, 3.05) is 13.2 Å². The van der Waals surface area contributed by atoms with Crippen molar-refractivity contribution in [3.63, 3.8) is 0 Å². The van der Waals surface area contributed by atoms with Gasteiger partial charge in [0.1, 0.15) is 23.6 Å². The highest BCUT2D eigenvalue weighted by atomic mass is 35.5. The number of pyridine rings is 1. The van der Waals surface area contributed by atoms with E-state index in [1.165, 1.54) is 5.56 Å². The third-order valence-electron chi connectivity index (χ3n) is 7.67. The van der Waals surface area contributed by atoms with Crippen LogP contribution in [0.1, 0.15) is 64.2 Å². The van der Waals surface area contributed by atoms with Crippen molar-refractivity contribution >= 4 is 41.9 Å². The number of aryl methyl sites for hydroxylation is 2. The van der Waals surface area contributed by atoms with E-state index in [-0.39, 0.29) is 36.8 Å². The Morgan fingerprint density at radius 3 is 2.64 bits per heavy atom. The Morgan fingerprint density at radius 2 is 1.82 bits per heavy atom. The highest BCUT2D eigenvalue weighted by Crippen LogP contribution is 2.30. The van der Waals surface area contributed by atoms with Crippen molar-refractivity contribution < 1.29 is 18.7 Å². The second-order valence-corrected chi connectivity index (χ2v) is 10.7. The number of aromatic nitrogens is 2. The minimum Gasteiger partial charge on any atom is -0.489 e. The Morgan fingerprint density at radius 1 is 1.00 bits per heavy atom. The van der Waals surface area contributed by atoms with Crippen LogP contribution in [0.3, 0.4) is 0 Å². The lowest BCUT2D eigenvalue weighted by atomic mass is 9.91. The van der Waals surface area contributed by atoms with E-state index in [2.05, 4.69) is 46.5 Å². The molecule has 0 saturated carbocycles. The molecule has 0 spiro atoms. The zero-order valence-electron chi connectivity index (χ0n) is 24.9. The van der Waals surface area contributed by atoms with E-state index < -0.39 is 0 Å². The third kappa shape index (κ3) is 7.59. The van der Waals surface area contributed by atoms with Crippen LogP contribution < -0.4 is 10.1 Å². The lowest BCUT2D eigenvalue weighted by molar-refractivity contribution is 0.0519. The second-order valence-electron chi connectivity index (χ2n) is 10.7. The molecule has 0 radical (unpaired) electrons. The van der Waals surface area contributed by atoms with Crippen molar-refractivity contribution in [3.05, 3.63) is 113 Å². The number of ether oxygens (including phenoxy) is 2. The molecule has 44 heavy (non-hydrogen) atoms. The van der Waals surface area contributed by atoms with E-state index in [1.54, 1.807) is 13.0 Å². The van der Waals surface area contributed by atoms with E-state index >= 15 is 0 Å². The lowest BCUT2D eigenvalue weighted by Crippen LogP contribution is -2.28. The molecule has 5 aromatic rings. The van der Waals surface area contributed by atoms with Crippen molar-refractivity contribution in [2.45, 2.75) is 52.2 Å². The first-order valence-electron chi connectivity index (χ1n) is 14.6. The molecule has 0 fully saturated rings. The number of nitrogens with one attached hydrogen (secondary N) is 1. The fourth-order valence-corrected chi connectivity index (χ4v) is 5.49. The number of carbonyl (C=O) groups excluding carboxylic acids is 1. The molecule has 6 rings (SSSR count). The van der Waals surface area contributed by atoms with Gasteiger partial charge in [0.05, 0.1) is 6.61 Å². The van der Waals surface area contributed by atoms with Crippen LogP contribution in [-0.2, 0) is 24.2 Å². The fraction of sp³-hybridized carbons (Fsp3) is 0.286. The van der Waals surface area contributed by atoms with Crippen LogP contribution in [0.4, 0.5) is 0 Å². The minimum atomic E-state index is -0.360. The molecule has 1 atom stereocenters. The molecule has 0 amide bonds. The van der Waals surface area contributed by atoms with E-state index in [9.17, 15) is 4.79 Å². The predicted octanol–water partition coefficient (Wildman–Crippen LogP) is 8.01. The Bertz CT molecular complexity index is 1700. The summed E-state index contributed by atoms with van der Waals surface area (Å²) in [6.07, 6.45) is 3.80. The number of hydrogen-bond donors (Lipinski definition) is 1. The van der Waals surface area contributed by atoms with Gasteiger partial charge in [-0.1, -0.05) is 42.5 Å². The molecular formula is C35H37Cl2N3O4.